The van der Waals surface area contributed by atoms with E-state index in [1.807, 2.05) is 37.2 Å². The third kappa shape index (κ3) is 3.39. The lowest BCUT2D eigenvalue weighted by Gasteiger charge is -2.17. The average Bonchev–Trinajstić information content (AvgIpc) is 2.78. The lowest BCUT2D eigenvalue weighted by atomic mass is 10.0. The summed E-state index contributed by atoms with van der Waals surface area (Å²) in [7, 11) is 1.92. The first-order valence-corrected chi connectivity index (χ1v) is 6.47. The number of aryl methyl sites for hydroxylation is 4. The van der Waals surface area contributed by atoms with Gasteiger partial charge in [0.25, 0.3) is 0 Å². The molecule has 19 heavy (non-hydrogen) atoms. The van der Waals surface area contributed by atoms with Crippen LogP contribution < -0.4 is 11.3 Å². The SMILES string of the molecule is Cc1cnc(C(CCc2cnn(C)c2)NN)c(C)c1. The van der Waals surface area contributed by atoms with Gasteiger partial charge in [0.05, 0.1) is 17.9 Å². The molecule has 1 atom stereocenters. The van der Waals surface area contributed by atoms with Gasteiger partial charge in [-0.15, -0.1) is 0 Å². The quantitative estimate of drug-likeness (QED) is 0.631. The van der Waals surface area contributed by atoms with Crippen LogP contribution >= 0.6 is 0 Å². The number of nitrogens with one attached hydrogen (secondary N) is 1. The zero-order valence-electron chi connectivity index (χ0n) is 11.7. The molecule has 0 saturated carbocycles. The van der Waals surface area contributed by atoms with Crippen molar-refractivity contribution in [1.82, 2.24) is 20.2 Å². The first-order chi connectivity index (χ1) is 9.10. The number of nitrogens with zero attached hydrogens (tertiary/aromatic N) is 3. The molecule has 0 amide bonds. The number of hydrogen-bond donors (Lipinski definition) is 2. The molecule has 2 aromatic rings. The Kier molecular flexibility index (Phi) is 4.29. The third-order valence-electron chi connectivity index (χ3n) is 3.27. The Bertz CT molecular complexity index is 547. The Balaban J connectivity index is 2.07. The minimum Gasteiger partial charge on any atom is -0.276 e. The summed E-state index contributed by atoms with van der Waals surface area (Å²) in [5.41, 5.74) is 7.45. The molecule has 102 valence electrons. The molecular formula is C14H21N5. The average molecular weight is 259 g/mol. The van der Waals surface area contributed by atoms with E-state index in [0.717, 1.165) is 18.5 Å². The van der Waals surface area contributed by atoms with Crippen molar-refractivity contribution >= 4 is 0 Å². The van der Waals surface area contributed by atoms with Crippen molar-refractivity contribution < 1.29 is 0 Å². The Morgan fingerprint density at radius 1 is 1.37 bits per heavy atom. The summed E-state index contributed by atoms with van der Waals surface area (Å²) in [6.07, 6.45) is 7.64. The lowest BCUT2D eigenvalue weighted by molar-refractivity contribution is 0.502. The van der Waals surface area contributed by atoms with E-state index in [1.54, 1.807) is 0 Å². The topological polar surface area (TPSA) is 68.8 Å². The molecular weight excluding hydrogens is 238 g/mol. The summed E-state index contributed by atoms with van der Waals surface area (Å²) in [5, 5.41) is 4.17. The zero-order chi connectivity index (χ0) is 13.8. The van der Waals surface area contributed by atoms with Gasteiger partial charge in [0.1, 0.15) is 0 Å². The second-order valence-electron chi connectivity index (χ2n) is 4.99. The van der Waals surface area contributed by atoms with Crippen molar-refractivity contribution in [2.24, 2.45) is 12.9 Å². The van der Waals surface area contributed by atoms with Crippen LogP contribution in [-0.4, -0.2) is 14.8 Å². The highest BCUT2D eigenvalue weighted by Crippen LogP contribution is 2.20. The van der Waals surface area contributed by atoms with Crippen molar-refractivity contribution in [2.75, 3.05) is 0 Å². The number of pyridine rings is 1. The Hall–Kier alpha value is -1.72. The molecule has 5 heteroatoms. The molecule has 0 spiro atoms. The van der Waals surface area contributed by atoms with Crippen LogP contribution in [0.15, 0.2) is 24.7 Å². The minimum absolute atomic E-state index is 0.0702. The van der Waals surface area contributed by atoms with Crippen LogP contribution in [0.5, 0.6) is 0 Å². The number of rotatable bonds is 5. The van der Waals surface area contributed by atoms with E-state index >= 15 is 0 Å². The van der Waals surface area contributed by atoms with Gasteiger partial charge in [-0.2, -0.15) is 5.10 Å². The van der Waals surface area contributed by atoms with Crippen LogP contribution in [0.4, 0.5) is 0 Å². The number of aromatic nitrogens is 3. The molecule has 2 rings (SSSR count). The van der Waals surface area contributed by atoms with Crippen LogP contribution in [0.1, 0.15) is 34.8 Å². The highest BCUT2D eigenvalue weighted by Gasteiger charge is 2.14. The van der Waals surface area contributed by atoms with Crippen LogP contribution in [0, 0.1) is 13.8 Å². The summed E-state index contributed by atoms with van der Waals surface area (Å²) in [6, 6.07) is 2.21. The largest absolute Gasteiger partial charge is 0.276 e. The highest BCUT2D eigenvalue weighted by atomic mass is 15.2. The lowest BCUT2D eigenvalue weighted by Crippen LogP contribution is -2.29. The molecule has 0 fully saturated rings. The second kappa shape index (κ2) is 5.95. The van der Waals surface area contributed by atoms with E-state index in [1.165, 1.54) is 16.7 Å². The van der Waals surface area contributed by atoms with E-state index in [-0.39, 0.29) is 6.04 Å². The second-order valence-corrected chi connectivity index (χ2v) is 4.99. The maximum atomic E-state index is 5.67. The summed E-state index contributed by atoms with van der Waals surface area (Å²) < 4.78 is 1.82. The zero-order valence-corrected chi connectivity index (χ0v) is 11.7. The predicted molar refractivity (Wildman–Crippen MR) is 75.3 cm³/mol. The van der Waals surface area contributed by atoms with Gasteiger partial charge in [0.2, 0.25) is 0 Å². The molecule has 5 nitrogen and oxygen atoms in total. The van der Waals surface area contributed by atoms with Crippen molar-refractivity contribution in [3.05, 3.63) is 47.0 Å². The highest BCUT2D eigenvalue weighted by molar-refractivity contribution is 5.25. The maximum absolute atomic E-state index is 5.67. The fraction of sp³-hybridized carbons (Fsp3) is 0.429. The Labute approximate surface area is 113 Å². The molecule has 0 aliphatic heterocycles. The summed E-state index contributed by atoms with van der Waals surface area (Å²) >= 11 is 0. The van der Waals surface area contributed by atoms with Crippen molar-refractivity contribution in [1.29, 1.82) is 0 Å². The molecule has 3 N–H and O–H groups in total. The molecule has 0 aromatic carbocycles. The van der Waals surface area contributed by atoms with Gasteiger partial charge in [-0.3, -0.25) is 20.9 Å². The predicted octanol–water partition coefficient (Wildman–Crippen LogP) is 1.57. The fourth-order valence-electron chi connectivity index (χ4n) is 2.30. The molecule has 0 saturated heterocycles. The third-order valence-corrected chi connectivity index (χ3v) is 3.27. The maximum Gasteiger partial charge on any atom is 0.0638 e. The first-order valence-electron chi connectivity index (χ1n) is 6.47. The van der Waals surface area contributed by atoms with Gasteiger partial charge in [0.15, 0.2) is 0 Å². The van der Waals surface area contributed by atoms with Crippen LogP contribution in [0.3, 0.4) is 0 Å². The standard InChI is InChI=1S/C14H21N5/c1-10-6-11(2)14(16-7-10)13(18-15)5-4-12-8-17-19(3)9-12/h6-9,13,18H,4-5,15H2,1-3H3. The van der Waals surface area contributed by atoms with Gasteiger partial charge in [-0.25, -0.2) is 0 Å². The van der Waals surface area contributed by atoms with E-state index in [4.69, 9.17) is 5.84 Å². The molecule has 0 aliphatic rings. The molecule has 2 aromatic heterocycles. The van der Waals surface area contributed by atoms with Gasteiger partial charge in [0, 0.05) is 19.4 Å². The molecule has 0 bridgehead atoms. The first kappa shape index (κ1) is 13.7. The van der Waals surface area contributed by atoms with Gasteiger partial charge >= 0.3 is 0 Å². The Morgan fingerprint density at radius 2 is 2.16 bits per heavy atom. The number of hydrogen-bond acceptors (Lipinski definition) is 4. The monoisotopic (exact) mass is 259 g/mol. The van der Waals surface area contributed by atoms with E-state index < -0.39 is 0 Å². The van der Waals surface area contributed by atoms with E-state index in [0.29, 0.717) is 0 Å². The normalized spacial score (nSPS) is 12.6. The van der Waals surface area contributed by atoms with Crippen LogP contribution in [-0.2, 0) is 13.5 Å². The molecule has 0 radical (unpaired) electrons. The number of hydrazine groups is 1. The smallest absolute Gasteiger partial charge is 0.0638 e. The molecule has 2 heterocycles. The van der Waals surface area contributed by atoms with Crippen LogP contribution in [0.25, 0.3) is 0 Å². The molecule has 1 unspecified atom stereocenters. The minimum atomic E-state index is 0.0702. The summed E-state index contributed by atoms with van der Waals surface area (Å²) in [5.74, 6) is 5.67. The van der Waals surface area contributed by atoms with Gasteiger partial charge in [-0.1, -0.05) is 6.07 Å². The van der Waals surface area contributed by atoms with Crippen molar-refractivity contribution in [2.45, 2.75) is 32.7 Å². The van der Waals surface area contributed by atoms with Crippen molar-refractivity contribution in [3.63, 3.8) is 0 Å². The van der Waals surface area contributed by atoms with Crippen molar-refractivity contribution in [3.8, 4) is 0 Å². The molecule has 0 aliphatic carbocycles. The summed E-state index contributed by atoms with van der Waals surface area (Å²) in [6.45, 7) is 4.12. The summed E-state index contributed by atoms with van der Waals surface area (Å²) in [4.78, 5) is 4.50. The number of nitrogens with two attached hydrogens (primary N) is 1. The fourth-order valence-corrected chi connectivity index (χ4v) is 2.30. The van der Waals surface area contributed by atoms with Gasteiger partial charge in [-0.05, 0) is 43.4 Å². The van der Waals surface area contributed by atoms with Crippen LogP contribution in [0.2, 0.25) is 0 Å². The van der Waals surface area contributed by atoms with E-state index in [2.05, 4.69) is 28.5 Å². The van der Waals surface area contributed by atoms with E-state index in [9.17, 15) is 0 Å². The van der Waals surface area contributed by atoms with Gasteiger partial charge < -0.3 is 0 Å². The Morgan fingerprint density at radius 3 is 2.74 bits per heavy atom.